The Hall–Kier alpha value is -2.24. The maximum atomic E-state index is 11.7. The Kier molecular flexibility index (Phi) is 6.46. The average molecular weight is 368 g/mol. The van der Waals surface area contributed by atoms with E-state index < -0.39 is 18.5 Å². The van der Waals surface area contributed by atoms with Crippen molar-refractivity contribution in [3.63, 3.8) is 0 Å². The summed E-state index contributed by atoms with van der Waals surface area (Å²) in [5, 5.41) is 3.54. The first-order valence-corrected chi connectivity index (χ1v) is 7.79. The van der Waals surface area contributed by atoms with Crippen LogP contribution in [0.4, 0.5) is 5.69 Å². The van der Waals surface area contributed by atoms with Crippen LogP contribution in [-0.2, 0) is 14.3 Å². The normalized spacial score (nSPS) is 10.1. The van der Waals surface area contributed by atoms with Crippen molar-refractivity contribution < 1.29 is 19.1 Å². The summed E-state index contributed by atoms with van der Waals surface area (Å²) < 4.78 is 10.1. The molecule has 5 nitrogen and oxygen atoms in total. The minimum absolute atomic E-state index is 0.336. The number of amides is 1. The molecule has 24 heavy (non-hydrogen) atoms. The van der Waals surface area contributed by atoms with Gasteiger partial charge >= 0.3 is 5.97 Å². The van der Waals surface area contributed by atoms with Crippen LogP contribution in [0.2, 0.25) is 10.0 Å². The lowest BCUT2D eigenvalue weighted by molar-refractivity contribution is -0.149. The third-order valence-electron chi connectivity index (χ3n) is 2.92. The van der Waals surface area contributed by atoms with Gasteiger partial charge in [-0.3, -0.25) is 4.79 Å². The zero-order valence-corrected chi connectivity index (χ0v) is 14.4. The van der Waals surface area contributed by atoms with Crippen LogP contribution in [0, 0.1) is 6.92 Å². The Morgan fingerprint density at radius 1 is 1.04 bits per heavy atom. The van der Waals surface area contributed by atoms with Crippen LogP contribution < -0.4 is 10.1 Å². The van der Waals surface area contributed by atoms with Gasteiger partial charge in [0.2, 0.25) is 0 Å². The minimum atomic E-state index is -0.668. The van der Waals surface area contributed by atoms with Gasteiger partial charge in [-0.15, -0.1) is 0 Å². The summed E-state index contributed by atoms with van der Waals surface area (Å²) in [4.78, 5) is 23.3. The number of aryl methyl sites for hydroxylation is 1. The van der Waals surface area contributed by atoms with Crippen LogP contribution >= 0.6 is 23.2 Å². The number of nitrogens with one attached hydrogen (secondary N) is 1. The molecule has 0 aliphatic carbocycles. The van der Waals surface area contributed by atoms with Crippen molar-refractivity contribution >= 4 is 40.8 Å². The van der Waals surface area contributed by atoms with E-state index in [1.54, 1.807) is 36.4 Å². The first-order chi connectivity index (χ1) is 11.4. The maximum Gasteiger partial charge on any atom is 0.344 e. The molecule has 0 saturated carbocycles. The standard InChI is InChI=1S/C17H15Cl2NO4/c1-11-2-7-14(19)15(8-11)23-10-17(22)24-9-16(21)20-13-5-3-12(18)4-6-13/h2-8H,9-10H2,1H3,(H,20,21). The van der Waals surface area contributed by atoms with E-state index in [2.05, 4.69) is 5.32 Å². The molecule has 0 radical (unpaired) electrons. The molecule has 0 aliphatic rings. The Balaban J connectivity index is 1.75. The number of hydrogen-bond acceptors (Lipinski definition) is 4. The third-order valence-corrected chi connectivity index (χ3v) is 3.49. The Morgan fingerprint density at radius 3 is 2.46 bits per heavy atom. The van der Waals surface area contributed by atoms with Crippen molar-refractivity contribution in [3.8, 4) is 5.75 Å². The zero-order chi connectivity index (χ0) is 17.5. The lowest BCUT2D eigenvalue weighted by atomic mass is 10.2. The molecule has 1 N–H and O–H groups in total. The zero-order valence-electron chi connectivity index (χ0n) is 12.8. The summed E-state index contributed by atoms with van der Waals surface area (Å²) in [6.45, 7) is 1.13. The van der Waals surface area contributed by atoms with Crippen molar-refractivity contribution in [3.05, 3.63) is 58.1 Å². The van der Waals surface area contributed by atoms with Crippen LogP contribution in [-0.4, -0.2) is 25.1 Å². The number of halogens is 2. The molecule has 0 aliphatic heterocycles. The number of hydrogen-bond donors (Lipinski definition) is 1. The van der Waals surface area contributed by atoms with Gasteiger partial charge in [0.05, 0.1) is 5.02 Å². The van der Waals surface area contributed by atoms with Gasteiger partial charge in [-0.2, -0.15) is 0 Å². The number of ether oxygens (including phenoxy) is 2. The fraction of sp³-hybridized carbons (Fsp3) is 0.176. The molecule has 0 heterocycles. The number of carbonyl (C=O) groups excluding carboxylic acids is 2. The largest absolute Gasteiger partial charge is 0.480 e. The third kappa shape index (κ3) is 5.76. The smallest absolute Gasteiger partial charge is 0.344 e. The molecule has 0 bridgehead atoms. The predicted octanol–water partition coefficient (Wildman–Crippen LogP) is 3.86. The Bertz CT molecular complexity index is 732. The molecule has 0 unspecified atom stereocenters. The van der Waals surface area contributed by atoms with Gasteiger partial charge in [-0.1, -0.05) is 29.3 Å². The summed E-state index contributed by atoms with van der Waals surface area (Å²) in [5.74, 6) is -0.739. The highest BCUT2D eigenvalue weighted by Crippen LogP contribution is 2.25. The molecular formula is C17H15Cl2NO4. The molecule has 0 spiro atoms. The molecule has 126 valence electrons. The van der Waals surface area contributed by atoms with E-state index >= 15 is 0 Å². The number of carbonyl (C=O) groups is 2. The fourth-order valence-electron chi connectivity index (χ4n) is 1.78. The summed E-state index contributed by atoms with van der Waals surface area (Å²) in [7, 11) is 0. The van der Waals surface area contributed by atoms with Crippen LogP contribution in [0.15, 0.2) is 42.5 Å². The first-order valence-electron chi connectivity index (χ1n) is 7.04. The molecule has 0 aromatic heterocycles. The molecule has 0 atom stereocenters. The van der Waals surface area contributed by atoms with Crippen LogP contribution in [0.5, 0.6) is 5.75 Å². The van der Waals surface area contributed by atoms with Gasteiger partial charge in [-0.05, 0) is 48.9 Å². The molecule has 2 aromatic rings. The number of rotatable bonds is 6. The molecule has 0 fully saturated rings. The van der Waals surface area contributed by atoms with E-state index in [1.165, 1.54) is 0 Å². The van der Waals surface area contributed by atoms with Gasteiger partial charge < -0.3 is 14.8 Å². The average Bonchev–Trinajstić information content (AvgIpc) is 2.56. The van der Waals surface area contributed by atoms with E-state index in [9.17, 15) is 9.59 Å². The second kappa shape index (κ2) is 8.57. The van der Waals surface area contributed by atoms with Crippen molar-refractivity contribution in [2.24, 2.45) is 0 Å². The van der Waals surface area contributed by atoms with Crippen molar-refractivity contribution in [1.82, 2.24) is 0 Å². The lowest BCUT2D eigenvalue weighted by Crippen LogP contribution is -2.23. The van der Waals surface area contributed by atoms with E-state index in [-0.39, 0.29) is 6.61 Å². The summed E-state index contributed by atoms with van der Waals surface area (Å²) >= 11 is 11.7. The number of esters is 1. The number of anilines is 1. The number of benzene rings is 2. The van der Waals surface area contributed by atoms with E-state index in [0.717, 1.165) is 5.56 Å². The quantitative estimate of drug-likeness (QED) is 0.787. The topological polar surface area (TPSA) is 64.6 Å². The molecule has 2 aromatic carbocycles. The first kappa shape index (κ1) is 18.1. The van der Waals surface area contributed by atoms with Crippen LogP contribution in [0.3, 0.4) is 0 Å². The van der Waals surface area contributed by atoms with Crippen molar-refractivity contribution in [2.75, 3.05) is 18.5 Å². The minimum Gasteiger partial charge on any atom is -0.480 e. The van der Waals surface area contributed by atoms with Gasteiger partial charge in [0, 0.05) is 10.7 Å². The summed E-state index contributed by atoms with van der Waals surface area (Å²) in [5.41, 5.74) is 1.51. The lowest BCUT2D eigenvalue weighted by Gasteiger charge is -2.09. The molecule has 0 saturated heterocycles. The Labute approximate surface area is 149 Å². The van der Waals surface area contributed by atoms with Crippen LogP contribution in [0.25, 0.3) is 0 Å². The Morgan fingerprint density at radius 2 is 1.75 bits per heavy atom. The second-order valence-corrected chi connectivity index (χ2v) is 5.78. The SMILES string of the molecule is Cc1ccc(Cl)c(OCC(=O)OCC(=O)Nc2ccc(Cl)cc2)c1. The fourth-order valence-corrected chi connectivity index (χ4v) is 2.07. The van der Waals surface area contributed by atoms with E-state index in [1.807, 2.05) is 13.0 Å². The molecule has 1 amide bonds. The second-order valence-electron chi connectivity index (χ2n) is 4.94. The maximum absolute atomic E-state index is 11.7. The van der Waals surface area contributed by atoms with E-state index in [4.69, 9.17) is 32.7 Å². The summed E-state index contributed by atoms with van der Waals surface area (Å²) in [6, 6.07) is 11.8. The highest BCUT2D eigenvalue weighted by molar-refractivity contribution is 6.32. The highest BCUT2D eigenvalue weighted by Gasteiger charge is 2.10. The van der Waals surface area contributed by atoms with Crippen molar-refractivity contribution in [1.29, 1.82) is 0 Å². The van der Waals surface area contributed by atoms with Gasteiger partial charge in [0.25, 0.3) is 5.91 Å². The van der Waals surface area contributed by atoms with Crippen molar-refractivity contribution in [2.45, 2.75) is 6.92 Å². The highest BCUT2D eigenvalue weighted by atomic mass is 35.5. The predicted molar refractivity (Wildman–Crippen MR) is 92.7 cm³/mol. The molecule has 2 rings (SSSR count). The van der Waals surface area contributed by atoms with Gasteiger partial charge in [-0.25, -0.2) is 4.79 Å². The van der Waals surface area contributed by atoms with Gasteiger partial charge in [0.1, 0.15) is 5.75 Å². The van der Waals surface area contributed by atoms with E-state index in [0.29, 0.717) is 21.5 Å². The molecular weight excluding hydrogens is 353 g/mol. The summed E-state index contributed by atoms with van der Waals surface area (Å²) in [6.07, 6.45) is 0. The van der Waals surface area contributed by atoms with Gasteiger partial charge in [0.15, 0.2) is 13.2 Å². The monoisotopic (exact) mass is 367 g/mol. The van der Waals surface area contributed by atoms with Crippen LogP contribution in [0.1, 0.15) is 5.56 Å². The molecule has 7 heteroatoms.